The minimum atomic E-state index is -0.389. The highest BCUT2D eigenvalue weighted by Gasteiger charge is 2.11. The summed E-state index contributed by atoms with van der Waals surface area (Å²) in [5.74, 6) is 5.86. The predicted octanol–water partition coefficient (Wildman–Crippen LogP) is 3.14. The van der Waals surface area contributed by atoms with Crippen molar-refractivity contribution >= 4 is 16.9 Å². The van der Waals surface area contributed by atoms with E-state index in [1.165, 1.54) is 7.11 Å². The molecule has 0 unspecified atom stereocenters. The number of ether oxygens (including phenoxy) is 1. The molecular formula is C20H15N3O2. The molecule has 0 radical (unpaired) electrons. The number of nitrogens with zero attached hydrogens (tertiary/aromatic N) is 3. The Morgan fingerprint density at radius 3 is 2.76 bits per heavy atom. The largest absolute Gasteiger partial charge is 0.465 e. The minimum absolute atomic E-state index is 0.389. The molecule has 0 bridgehead atoms. The van der Waals surface area contributed by atoms with Gasteiger partial charge in [-0.2, -0.15) is 5.26 Å². The molecule has 0 spiro atoms. The second-order valence-electron chi connectivity index (χ2n) is 5.35. The smallest absolute Gasteiger partial charge is 0.337 e. The van der Waals surface area contributed by atoms with E-state index in [0.29, 0.717) is 18.5 Å². The summed E-state index contributed by atoms with van der Waals surface area (Å²) in [4.78, 5) is 15.8. The molecule has 1 aromatic carbocycles. The van der Waals surface area contributed by atoms with E-state index in [4.69, 9.17) is 10.00 Å². The third-order valence-corrected chi connectivity index (χ3v) is 3.79. The van der Waals surface area contributed by atoms with Gasteiger partial charge in [0, 0.05) is 41.6 Å². The average molecular weight is 329 g/mol. The highest BCUT2D eigenvalue weighted by Crippen LogP contribution is 2.23. The maximum Gasteiger partial charge on any atom is 0.337 e. The summed E-state index contributed by atoms with van der Waals surface area (Å²) >= 11 is 0. The topological polar surface area (TPSA) is 67.9 Å². The molecule has 2 heterocycles. The van der Waals surface area contributed by atoms with Crippen molar-refractivity contribution in [2.24, 2.45) is 0 Å². The van der Waals surface area contributed by atoms with E-state index in [0.717, 1.165) is 22.0 Å². The van der Waals surface area contributed by atoms with Crippen LogP contribution in [0.15, 0.2) is 48.9 Å². The van der Waals surface area contributed by atoms with Gasteiger partial charge >= 0.3 is 5.97 Å². The molecule has 0 aliphatic rings. The number of methoxy groups -OCH3 is 1. The Labute approximate surface area is 145 Å². The van der Waals surface area contributed by atoms with Gasteiger partial charge in [-0.1, -0.05) is 11.8 Å². The molecule has 0 saturated carbocycles. The van der Waals surface area contributed by atoms with E-state index >= 15 is 0 Å². The van der Waals surface area contributed by atoms with Gasteiger partial charge in [-0.15, -0.1) is 0 Å². The molecule has 0 fully saturated rings. The van der Waals surface area contributed by atoms with Crippen molar-refractivity contribution in [1.82, 2.24) is 9.55 Å². The Morgan fingerprint density at radius 2 is 2.04 bits per heavy atom. The SMILES string of the molecule is COC(=O)c1ccc2c(c1)c(C#Cc1ccncc1)cn2CCC#N. The van der Waals surface area contributed by atoms with Crippen molar-refractivity contribution in [3.63, 3.8) is 0 Å². The van der Waals surface area contributed by atoms with Gasteiger partial charge in [0.1, 0.15) is 0 Å². The molecule has 3 rings (SSSR count). The Bertz CT molecular complexity index is 1020. The van der Waals surface area contributed by atoms with Crippen molar-refractivity contribution in [3.8, 4) is 17.9 Å². The lowest BCUT2D eigenvalue weighted by atomic mass is 10.1. The molecule has 0 atom stereocenters. The number of carbonyl (C=O) groups is 1. The highest BCUT2D eigenvalue weighted by molar-refractivity contribution is 5.96. The van der Waals surface area contributed by atoms with E-state index in [1.807, 2.05) is 29.0 Å². The van der Waals surface area contributed by atoms with Gasteiger partial charge in [-0.05, 0) is 30.3 Å². The van der Waals surface area contributed by atoms with Crippen LogP contribution in [0.25, 0.3) is 10.9 Å². The molecule has 25 heavy (non-hydrogen) atoms. The number of carbonyl (C=O) groups excluding carboxylic acids is 1. The molecule has 0 aliphatic carbocycles. The van der Waals surface area contributed by atoms with Crippen LogP contribution in [-0.2, 0) is 11.3 Å². The van der Waals surface area contributed by atoms with Crippen LogP contribution in [-0.4, -0.2) is 22.6 Å². The fourth-order valence-corrected chi connectivity index (χ4v) is 2.57. The lowest BCUT2D eigenvalue weighted by molar-refractivity contribution is 0.0601. The number of hydrogen-bond donors (Lipinski definition) is 0. The maximum atomic E-state index is 11.8. The van der Waals surface area contributed by atoms with Gasteiger partial charge in [0.15, 0.2) is 0 Å². The van der Waals surface area contributed by atoms with Crippen LogP contribution in [0.3, 0.4) is 0 Å². The third kappa shape index (κ3) is 3.52. The summed E-state index contributed by atoms with van der Waals surface area (Å²) in [6, 6.07) is 11.2. The first kappa shape index (κ1) is 16.3. The number of benzene rings is 1. The van der Waals surface area contributed by atoms with E-state index < -0.39 is 0 Å². The first-order valence-electron chi connectivity index (χ1n) is 7.73. The fourth-order valence-electron chi connectivity index (χ4n) is 2.57. The summed E-state index contributed by atoms with van der Waals surface area (Å²) in [5, 5.41) is 9.71. The molecule has 0 amide bonds. The minimum Gasteiger partial charge on any atom is -0.465 e. The standard InChI is InChI=1S/C20H15N3O2/c1-25-20(24)16-5-6-19-18(13-16)17(14-23(19)12-2-9-21)4-3-15-7-10-22-11-8-15/h5-8,10-11,13-14H,2,12H2,1H3. The fraction of sp³-hybridized carbons (Fsp3) is 0.150. The number of esters is 1. The molecule has 122 valence electrons. The summed E-state index contributed by atoms with van der Waals surface area (Å²) in [5.41, 5.74) is 3.06. The monoisotopic (exact) mass is 329 g/mol. The van der Waals surface area contributed by atoms with Crippen LogP contribution in [0.1, 0.15) is 27.9 Å². The van der Waals surface area contributed by atoms with Gasteiger partial charge in [0.25, 0.3) is 0 Å². The molecule has 3 aromatic rings. The average Bonchev–Trinajstić information content (AvgIpc) is 3.02. The van der Waals surface area contributed by atoms with Gasteiger partial charge in [0.2, 0.25) is 0 Å². The number of rotatable bonds is 3. The molecule has 0 N–H and O–H groups in total. The molecule has 2 aromatic heterocycles. The third-order valence-electron chi connectivity index (χ3n) is 3.79. The van der Waals surface area contributed by atoms with Crippen molar-refractivity contribution < 1.29 is 9.53 Å². The van der Waals surface area contributed by atoms with Crippen LogP contribution in [0.4, 0.5) is 0 Å². The first-order valence-corrected chi connectivity index (χ1v) is 7.73. The molecule has 0 saturated heterocycles. The highest BCUT2D eigenvalue weighted by atomic mass is 16.5. The van der Waals surface area contributed by atoms with E-state index in [2.05, 4.69) is 22.9 Å². The summed E-state index contributed by atoms with van der Waals surface area (Å²) in [6.45, 7) is 0.571. The van der Waals surface area contributed by atoms with Gasteiger partial charge in [-0.25, -0.2) is 4.79 Å². The Hall–Kier alpha value is -3.57. The lowest BCUT2D eigenvalue weighted by Gasteiger charge is -2.03. The zero-order chi connectivity index (χ0) is 17.6. The van der Waals surface area contributed by atoms with Crippen LogP contribution in [0, 0.1) is 23.2 Å². The normalized spacial score (nSPS) is 9.92. The molecule has 0 aliphatic heterocycles. The summed E-state index contributed by atoms with van der Waals surface area (Å²) < 4.78 is 6.78. The van der Waals surface area contributed by atoms with Crippen molar-refractivity contribution in [2.75, 3.05) is 7.11 Å². The van der Waals surface area contributed by atoms with Crippen molar-refractivity contribution in [3.05, 3.63) is 65.6 Å². The van der Waals surface area contributed by atoms with E-state index in [9.17, 15) is 4.79 Å². The molecular weight excluding hydrogens is 314 g/mol. The Kier molecular flexibility index (Phi) is 4.78. The Balaban J connectivity index is 2.10. The van der Waals surface area contributed by atoms with Crippen molar-refractivity contribution in [2.45, 2.75) is 13.0 Å². The maximum absolute atomic E-state index is 11.8. The van der Waals surface area contributed by atoms with E-state index in [1.54, 1.807) is 24.5 Å². The number of aromatic nitrogens is 2. The van der Waals surface area contributed by atoms with Gasteiger partial charge < -0.3 is 9.30 Å². The molecule has 5 heteroatoms. The van der Waals surface area contributed by atoms with Crippen LogP contribution in [0.2, 0.25) is 0 Å². The molecule has 5 nitrogen and oxygen atoms in total. The number of aryl methyl sites for hydroxylation is 1. The number of hydrogen-bond acceptors (Lipinski definition) is 4. The van der Waals surface area contributed by atoms with Gasteiger partial charge in [0.05, 0.1) is 30.7 Å². The van der Waals surface area contributed by atoms with Crippen molar-refractivity contribution in [1.29, 1.82) is 5.26 Å². The zero-order valence-electron chi connectivity index (χ0n) is 13.7. The number of fused-ring (bicyclic) bond motifs is 1. The second kappa shape index (κ2) is 7.33. The number of nitriles is 1. The Morgan fingerprint density at radius 1 is 1.24 bits per heavy atom. The van der Waals surface area contributed by atoms with E-state index in [-0.39, 0.29) is 5.97 Å². The van der Waals surface area contributed by atoms with Crippen LogP contribution in [0.5, 0.6) is 0 Å². The summed E-state index contributed by atoms with van der Waals surface area (Å²) in [6.07, 6.45) is 5.70. The first-order chi connectivity index (χ1) is 12.2. The quantitative estimate of drug-likeness (QED) is 0.547. The van der Waals surface area contributed by atoms with Crippen LogP contribution >= 0.6 is 0 Å². The number of pyridine rings is 1. The summed E-state index contributed by atoms with van der Waals surface area (Å²) in [7, 11) is 1.36. The second-order valence-corrected chi connectivity index (χ2v) is 5.35. The predicted molar refractivity (Wildman–Crippen MR) is 93.7 cm³/mol. The van der Waals surface area contributed by atoms with Gasteiger partial charge in [-0.3, -0.25) is 4.98 Å². The van der Waals surface area contributed by atoms with Crippen LogP contribution < -0.4 is 0 Å². The lowest BCUT2D eigenvalue weighted by Crippen LogP contribution is -2.01. The zero-order valence-corrected chi connectivity index (χ0v) is 13.7.